The lowest BCUT2D eigenvalue weighted by molar-refractivity contribution is 0.391. The van der Waals surface area contributed by atoms with Crippen molar-refractivity contribution in [1.82, 2.24) is 0 Å². The van der Waals surface area contributed by atoms with Crippen molar-refractivity contribution in [1.29, 1.82) is 0 Å². The minimum absolute atomic E-state index is 0.248. The molecule has 0 unspecified atom stereocenters. The van der Waals surface area contributed by atoms with Crippen LogP contribution in [0.25, 0.3) is 0 Å². The first-order valence-electron chi connectivity index (χ1n) is 14.7. The van der Waals surface area contributed by atoms with E-state index in [0.29, 0.717) is 11.8 Å². The maximum atomic E-state index is 13.1. The van der Waals surface area contributed by atoms with Crippen LogP contribution < -0.4 is 0 Å². The fraction of sp³-hybridized carbons (Fsp3) is 0.800. The first-order valence-corrected chi connectivity index (χ1v) is 16.1. The highest BCUT2D eigenvalue weighted by Gasteiger charge is 2.36. The third-order valence-electron chi connectivity index (χ3n) is 9.79. The van der Waals surface area contributed by atoms with E-state index in [1.165, 1.54) is 101 Å². The molecule has 4 aliphatic rings. The summed E-state index contributed by atoms with van der Waals surface area (Å²) < 4.78 is 39.4. The molecule has 0 radical (unpaired) electrons. The van der Waals surface area contributed by atoms with E-state index in [-0.39, 0.29) is 16.7 Å². The second-order valence-corrected chi connectivity index (χ2v) is 13.3. The van der Waals surface area contributed by atoms with Crippen molar-refractivity contribution in [3.05, 3.63) is 28.3 Å². The molecule has 34 heavy (non-hydrogen) atoms. The van der Waals surface area contributed by atoms with Crippen LogP contribution in [0, 0.1) is 0 Å². The van der Waals surface area contributed by atoms with Gasteiger partial charge in [-0.2, -0.15) is 0 Å². The van der Waals surface area contributed by atoms with Gasteiger partial charge in [0.05, 0.1) is 4.90 Å². The Bertz CT molecular complexity index is 926. The Morgan fingerprint density at radius 2 is 0.853 bits per heavy atom. The number of hydrogen-bond acceptors (Lipinski definition) is 3. The summed E-state index contributed by atoms with van der Waals surface area (Å²) in [4.78, 5) is 0.270. The van der Waals surface area contributed by atoms with E-state index in [0.717, 1.165) is 49.7 Å². The van der Waals surface area contributed by atoms with Crippen LogP contribution in [0.5, 0.6) is 0 Å². The maximum absolute atomic E-state index is 13.1. The maximum Gasteiger partial charge on any atom is 0.125 e. The summed E-state index contributed by atoms with van der Waals surface area (Å²) in [5, 5.41) is 0. The number of rotatable bonds is 5. The van der Waals surface area contributed by atoms with Crippen LogP contribution in [0.15, 0.2) is 11.0 Å². The summed E-state index contributed by atoms with van der Waals surface area (Å²) in [7, 11) is -4.52. The molecule has 4 heteroatoms. The van der Waals surface area contributed by atoms with Gasteiger partial charge in [-0.3, -0.25) is 0 Å². The van der Waals surface area contributed by atoms with Gasteiger partial charge in [0, 0.05) is 0 Å². The lowest BCUT2D eigenvalue weighted by atomic mass is 9.69. The van der Waals surface area contributed by atoms with Crippen LogP contribution in [-0.4, -0.2) is 13.0 Å². The van der Waals surface area contributed by atoms with E-state index in [1.54, 1.807) is 0 Å². The minimum atomic E-state index is -4.52. The zero-order valence-corrected chi connectivity index (χ0v) is 22.0. The first kappa shape index (κ1) is 24.8. The highest BCUT2D eigenvalue weighted by atomic mass is 32.2. The lowest BCUT2D eigenvalue weighted by Gasteiger charge is -2.38. The van der Waals surface area contributed by atoms with Crippen molar-refractivity contribution in [3.8, 4) is 0 Å². The average Bonchev–Trinajstić information content (AvgIpc) is 2.89. The molecule has 4 aliphatic carbocycles. The lowest BCUT2D eigenvalue weighted by Crippen LogP contribution is -2.23. The quantitative estimate of drug-likeness (QED) is 0.392. The Hall–Kier alpha value is -0.870. The Kier molecular flexibility index (Phi) is 8.05. The van der Waals surface area contributed by atoms with Crippen LogP contribution in [-0.2, 0) is 10.1 Å². The Morgan fingerprint density at radius 3 is 1.26 bits per heavy atom. The third-order valence-corrected chi connectivity index (χ3v) is 10.7. The van der Waals surface area contributed by atoms with E-state index in [1.807, 2.05) is 0 Å². The molecule has 0 bridgehead atoms. The first-order chi connectivity index (χ1) is 16.5. The van der Waals surface area contributed by atoms with Gasteiger partial charge in [-0.05, 0) is 97.3 Å². The minimum Gasteiger partial charge on any atom is -0.744 e. The standard InChI is InChI=1S/C30H46O3S/c31-34(32,33)30-27(23-15-7-2-8-16-23)21-26(22-13-5-1-6-14-22)28(24-17-9-3-10-18-24)29(30)25-19-11-4-12-20-25/h21-25H,1-20H2,(H,31,32,33)/p-1. The van der Waals surface area contributed by atoms with Gasteiger partial charge in [0.2, 0.25) is 0 Å². The van der Waals surface area contributed by atoms with Crippen molar-refractivity contribution in [2.45, 2.75) is 157 Å². The highest BCUT2D eigenvalue weighted by molar-refractivity contribution is 7.85. The average molecular weight is 486 g/mol. The van der Waals surface area contributed by atoms with Gasteiger partial charge in [0.1, 0.15) is 10.1 Å². The van der Waals surface area contributed by atoms with Gasteiger partial charge >= 0.3 is 0 Å². The molecule has 3 nitrogen and oxygen atoms in total. The van der Waals surface area contributed by atoms with Gasteiger partial charge in [-0.25, -0.2) is 8.42 Å². The third kappa shape index (κ3) is 5.28. The molecule has 0 amide bonds. The van der Waals surface area contributed by atoms with Crippen molar-refractivity contribution in [2.75, 3.05) is 0 Å². The van der Waals surface area contributed by atoms with Crippen molar-refractivity contribution in [3.63, 3.8) is 0 Å². The largest absolute Gasteiger partial charge is 0.744 e. The Labute approximate surface area is 208 Å². The molecule has 0 atom stereocenters. The summed E-state index contributed by atoms with van der Waals surface area (Å²) >= 11 is 0. The molecule has 1 aromatic rings. The zero-order valence-electron chi connectivity index (χ0n) is 21.2. The van der Waals surface area contributed by atoms with E-state index < -0.39 is 10.1 Å². The Balaban J connectivity index is 1.77. The van der Waals surface area contributed by atoms with Gasteiger partial charge in [0.25, 0.3) is 0 Å². The molecule has 1 aromatic carbocycles. The predicted octanol–water partition coefficient (Wildman–Crippen LogP) is 8.78. The summed E-state index contributed by atoms with van der Waals surface area (Å²) in [5.74, 6) is 1.51. The van der Waals surface area contributed by atoms with E-state index >= 15 is 0 Å². The Morgan fingerprint density at radius 1 is 0.500 bits per heavy atom. The molecule has 0 aromatic heterocycles. The molecule has 0 saturated heterocycles. The normalized spacial score (nSPS) is 25.0. The van der Waals surface area contributed by atoms with E-state index in [2.05, 4.69) is 6.07 Å². The monoisotopic (exact) mass is 485 g/mol. The molecule has 4 fully saturated rings. The molecule has 4 saturated carbocycles. The van der Waals surface area contributed by atoms with Crippen LogP contribution >= 0.6 is 0 Å². The number of benzene rings is 1. The fourth-order valence-corrected chi connectivity index (χ4v) is 9.20. The number of hydrogen-bond donors (Lipinski definition) is 0. The summed E-state index contributed by atoms with van der Waals surface area (Å²) in [5.41, 5.74) is 4.84. The molecular weight excluding hydrogens is 440 g/mol. The molecule has 0 spiro atoms. The van der Waals surface area contributed by atoms with Crippen LogP contribution in [0.1, 0.15) is 174 Å². The van der Waals surface area contributed by atoms with Gasteiger partial charge < -0.3 is 4.55 Å². The van der Waals surface area contributed by atoms with Gasteiger partial charge in [-0.15, -0.1) is 0 Å². The van der Waals surface area contributed by atoms with Crippen molar-refractivity contribution >= 4 is 10.1 Å². The summed E-state index contributed by atoms with van der Waals surface area (Å²) in [6.07, 6.45) is 23.8. The molecular formula is C30H45O3S-. The molecule has 190 valence electrons. The summed E-state index contributed by atoms with van der Waals surface area (Å²) in [6, 6.07) is 2.31. The molecule has 5 rings (SSSR count). The van der Waals surface area contributed by atoms with Gasteiger partial charge in [0.15, 0.2) is 0 Å². The SMILES string of the molecule is O=S(=O)([O-])c1c(C2CCCCC2)cc(C2CCCCC2)c(C2CCCCC2)c1C1CCCCC1. The smallest absolute Gasteiger partial charge is 0.125 e. The second-order valence-electron chi connectivity index (χ2n) is 12.0. The van der Waals surface area contributed by atoms with Gasteiger partial charge in [-0.1, -0.05) is 83.1 Å². The molecule has 0 heterocycles. The van der Waals surface area contributed by atoms with Crippen LogP contribution in [0.4, 0.5) is 0 Å². The predicted molar refractivity (Wildman–Crippen MR) is 138 cm³/mol. The van der Waals surface area contributed by atoms with Crippen molar-refractivity contribution in [2.24, 2.45) is 0 Å². The van der Waals surface area contributed by atoms with E-state index in [9.17, 15) is 13.0 Å². The highest BCUT2D eigenvalue weighted by Crippen LogP contribution is 2.51. The van der Waals surface area contributed by atoms with Crippen LogP contribution in [0.3, 0.4) is 0 Å². The van der Waals surface area contributed by atoms with Crippen molar-refractivity contribution < 1.29 is 13.0 Å². The van der Waals surface area contributed by atoms with Crippen LogP contribution in [0.2, 0.25) is 0 Å². The topological polar surface area (TPSA) is 57.2 Å². The van der Waals surface area contributed by atoms with E-state index in [4.69, 9.17) is 0 Å². The second kappa shape index (κ2) is 11.0. The summed E-state index contributed by atoms with van der Waals surface area (Å²) in [6.45, 7) is 0. The molecule has 0 aliphatic heterocycles. The molecule has 0 N–H and O–H groups in total. The zero-order chi connectivity index (χ0) is 23.5. The fourth-order valence-electron chi connectivity index (χ4n) is 8.13.